The summed E-state index contributed by atoms with van der Waals surface area (Å²) in [6, 6.07) is 7.03. The van der Waals surface area contributed by atoms with E-state index in [0.29, 0.717) is 27.0 Å². The van der Waals surface area contributed by atoms with Gasteiger partial charge in [0.2, 0.25) is 15.9 Å². The van der Waals surface area contributed by atoms with Crippen molar-refractivity contribution in [1.82, 2.24) is 19.2 Å². The van der Waals surface area contributed by atoms with Crippen LogP contribution in [0, 0.1) is 5.82 Å². The molecule has 35 heavy (non-hydrogen) atoms. The second kappa shape index (κ2) is 10.2. The fraction of sp³-hybridized carbons (Fsp3) is 0.304. The van der Waals surface area contributed by atoms with E-state index in [4.69, 9.17) is 11.6 Å². The van der Waals surface area contributed by atoms with Crippen molar-refractivity contribution in [3.63, 3.8) is 0 Å². The van der Waals surface area contributed by atoms with E-state index < -0.39 is 27.8 Å². The van der Waals surface area contributed by atoms with Gasteiger partial charge in [0.1, 0.15) is 17.7 Å². The summed E-state index contributed by atoms with van der Waals surface area (Å²) in [6.07, 6.45) is 3.62. The average Bonchev–Trinajstić information content (AvgIpc) is 3.49. The first-order chi connectivity index (χ1) is 16.5. The van der Waals surface area contributed by atoms with E-state index in [1.54, 1.807) is 42.1 Å². The number of nitrogens with one attached hydrogen (secondary N) is 1. The van der Waals surface area contributed by atoms with Crippen LogP contribution in [-0.4, -0.2) is 55.5 Å². The minimum atomic E-state index is -3.91. The molecule has 2 aromatic heterocycles. The molecule has 0 radical (unpaired) electrons. The van der Waals surface area contributed by atoms with Gasteiger partial charge in [-0.05, 0) is 57.3 Å². The van der Waals surface area contributed by atoms with Crippen molar-refractivity contribution in [3.05, 3.63) is 69.0 Å². The summed E-state index contributed by atoms with van der Waals surface area (Å²) in [6.45, 7) is 2.43. The zero-order chi connectivity index (χ0) is 25.3. The average molecular weight is 538 g/mol. The van der Waals surface area contributed by atoms with E-state index >= 15 is 4.39 Å². The van der Waals surface area contributed by atoms with Crippen LogP contribution in [0.1, 0.15) is 24.0 Å². The van der Waals surface area contributed by atoms with E-state index in [-0.39, 0.29) is 18.7 Å². The Labute approximate surface area is 212 Å². The fourth-order valence-corrected chi connectivity index (χ4v) is 6.28. The third-order valence-corrected chi connectivity index (χ3v) is 8.12. The lowest BCUT2D eigenvalue weighted by Crippen LogP contribution is -2.41. The molecule has 3 heterocycles. The number of imidazole rings is 1. The maximum Gasteiger partial charge on any atom is 0.245 e. The molecule has 1 aliphatic rings. The summed E-state index contributed by atoms with van der Waals surface area (Å²) < 4.78 is 45.1. The molecule has 186 valence electrons. The maximum absolute atomic E-state index is 15.1. The Bertz CT molecular complexity index is 1380. The van der Waals surface area contributed by atoms with Crippen LogP contribution < -0.4 is 9.62 Å². The highest BCUT2D eigenvalue weighted by molar-refractivity contribution is 7.92. The predicted molar refractivity (Wildman–Crippen MR) is 137 cm³/mol. The van der Waals surface area contributed by atoms with Gasteiger partial charge in [0.05, 0.1) is 22.0 Å². The van der Waals surface area contributed by atoms with E-state index in [9.17, 15) is 13.2 Å². The Morgan fingerprint density at radius 1 is 1.34 bits per heavy atom. The first kappa shape index (κ1) is 25.5. The number of anilines is 1. The normalized spacial score (nSPS) is 17.1. The molecule has 1 N–H and O–H groups in total. The van der Waals surface area contributed by atoms with Gasteiger partial charge in [-0.25, -0.2) is 17.8 Å². The SMILES string of the molecule is C/C(=C\S(=O)(=O)N[C@H]1CCN(c2ccc(-n3ccnc3CN(C)C)cc2F)C1=O)c1ccc(Cl)s1. The van der Waals surface area contributed by atoms with Gasteiger partial charge in [-0.15, -0.1) is 11.3 Å². The molecule has 1 atom stereocenters. The van der Waals surface area contributed by atoms with Crippen LogP contribution >= 0.6 is 22.9 Å². The van der Waals surface area contributed by atoms with Gasteiger partial charge < -0.3 is 14.4 Å². The number of halogens is 2. The van der Waals surface area contributed by atoms with Crippen molar-refractivity contribution < 1.29 is 17.6 Å². The molecule has 1 aliphatic heterocycles. The van der Waals surface area contributed by atoms with E-state index in [2.05, 4.69) is 9.71 Å². The molecule has 1 saturated heterocycles. The smallest absolute Gasteiger partial charge is 0.245 e. The zero-order valence-electron chi connectivity index (χ0n) is 19.4. The van der Waals surface area contributed by atoms with Crippen LogP contribution in [0.3, 0.4) is 0 Å². The van der Waals surface area contributed by atoms with Crippen molar-refractivity contribution in [2.75, 3.05) is 25.5 Å². The van der Waals surface area contributed by atoms with Gasteiger partial charge in [-0.2, -0.15) is 4.72 Å². The number of amides is 1. The van der Waals surface area contributed by atoms with Crippen LogP contribution in [0.5, 0.6) is 0 Å². The molecule has 0 saturated carbocycles. The molecule has 1 fully saturated rings. The van der Waals surface area contributed by atoms with Crippen LogP contribution in [0.4, 0.5) is 10.1 Å². The molecule has 0 unspecified atom stereocenters. The number of hydrogen-bond donors (Lipinski definition) is 1. The van der Waals surface area contributed by atoms with Crippen LogP contribution in [0.25, 0.3) is 11.3 Å². The van der Waals surface area contributed by atoms with E-state index in [1.165, 1.54) is 28.4 Å². The first-order valence-electron chi connectivity index (χ1n) is 10.8. The number of hydrogen-bond acceptors (Lipinski definition) is 6. The molecular formula is C23H25ClFN5O3S2. The lowest BCUT2D eigenvalue weighted by atomic mass is 10.2. The molecule has 4 rings (SSSR count). The summed E-state index contributed by atoms with van der Waals surface area (Å²) in [5.74, 6) is -0.322. The zero-order valence-corrected chi connectivity index (χ0v) is 21.8. The third-order valence-electron chi connectivity index (χ3n) is 5.48. The van der Waals surface area contributed by atoms with Gasteiger partial charge in [0.15, 0.2) is 0 Å². The number of rotatable bonds is 8. The number of carbonyl (C=O) groups is 1. The van der Waals surface area contributed by atoms with Gasteiger partial charge in [-0.3, -0.25) is 4.79 Å². The molecular weight excluding hydrogens is 513 g/mol. The standard InChI is InChI=1S/C23H25ClFN5O3S2/c1-15(20-6-7-21(24)34-20)14-35(32,33)27-18-8-10-30(23(18)31)19-5-4-16(12-17(19)25)29-11-9-26-22(29)13-28(2)3/h4-7,9,11-12,14,18,27H,8,10,13H2,1-3H3/b15-14+/t18-/m0/s1. The molecule has 0 aliphatic carbocycles. The van der Waals surface area contributed by atoms with Crippen LogP contribution in [-0.2, 0) is 21.4 Å². The molecule has 0 spiro atoms. The number of sulfonamides is 1. The minimum Gasteiger partial charge on any atom is -0.308 e. The summed E-state index contributed by atoms with van der Waals surface area (Å²) >= 11 is 7.19. The fourth-order valence-electron chi connectivity index (χ4n) is 3.91. The Morgan fingerprint density at radius 2 is 2.11 bits per heavy atom. The van der Waals surface area contributed by atoms with Gasteiger partial charge in [0.25, 0.3) is 0 Å². The number of benzene rings is 1. The quantitative estimate of drug-likeness (QED) is 0.471. The summed E-state index contributed by atoms with van der Waals surface area (Å²) in [4.78, 5) is 21.2. The van der Waals surface area contributed by atoms with Gasteiger partial charge >= 0.3 is 0 Å². The van der Waals surface area contributed by atoms with Gasteiger partial charge in [-0.1, -0.05) is 11.6 Å². The largest absolute Gasteiger partial charge is 0.308 e. The maximum atomic E-state index is 15.1. The van der Waals surface area contributed by atoms with Crippen molar-refractivity contribution in [3.8, 4) is 5.69 Å². The highest BCUT2D eigenvalue weighted by Crippen LogP contribution is 2.29. The predicted octanol–water partition coefficient (Wildman–Crippen LogP) is 3.87. The van der Waals surface area contributed by atoms with Crippen LogP contribution in [0.15, 0.2) is 48.1 Å². The molecule has 8 nitrogen and oxygen atoms in total. The minimum absolute atomic E-state index is 0.106. The van der Waals surface area contributed by atoms with Crippen molar-refractivity contribution >= 4 is 50.1 Å². The third kappa shape index (κ3) is 5.81. The number of allylic oxidation sites excluding steroid dienone is 1. The van der Waals surface area contributed by atoms with Crippen LogP contribution in [0.2, 0.25) is 4.34 Å². The number of aromatic nitrogens is 2. The molecule has 12 heteroatoms. The monoisotopic (exact) mass is 537 g/mol. The van der Waals surface area contributed by atoms with Crippen molar-refractivity contribution in [2.24, 2.45) is 0 Å². The van der Waals surface area contributed by atoms with E-state index in [1.807, 2.05) is 19.0 Å². The second-order valence-corrected chi connectivity index (χ2v) is 11.8. The number of carbonyl (C=O) groups excluding carboxylic acids is 1. The van der Waals surface area contributed by atoms with E-state index in [0.717, 1.165) is 11.2 Å². The second-order valence-electron chi connectivity index (χ2n) is 8.49. The highest BCUT2D eigenvalue weighted by Gasteiger charge is 2.36. The molecule has 3 aromatic rings. The Kier molecular flexibility index (Phi) is 7.43. The topological polar surface area (TPSA) is 87.5 Å². The summed E-state index contributed by atoms with van der Waals surface area (Å²) in [5, 5.41) is 1.08. The van der Waals surface area contributed by atoms with Crippen molar-refractivity contribution in [2.45, 2.75) is 25.9 Å². The molecule has 0 bridgehead atoms. The van der Waals surface area contributed by atoms with Crippen molar-refractivity contribution in [1.29, 1.82) is 0 Å². The lowest BCUT2D eigenvalue weighted by molar-refractivity contribution is -0.118. The summed E-state index contributed by atoms with van der Waals surface area (Å²) in [5.41, 5.74) is 1.19. The van der Waals surface area contributed by atoms with Gasteiger partial charge in [0, 0.05) is 35.6 Å². The summed E-state index contributed by atoms with van der Waals surface area (Å²) in [7, 11) is -0.0711. The Hall–Kier alpha value is -2.57. The highest BCUT2D eigenvalue weighted by atomic mass is 35.5. The first-order valence-corrected chi connectivity index (χ1v) is 13.5. The Morgan fingerprint density at radius 3 is 2.77 bits per heavy atom. The molecule has 1 amide bonds. The Balaban J connectivity index is 1.49. The lowest BCUT2D eigenvalue weighted by Gasteiger charge is -2.19. The molecule has 1 aromatic carbocycles. The number of nitrogens with zero attached hydrogens (tertiary/aromatic N) is 4. The number of thiophene rings is 1.